The molecule has 0 bridgehead atoms. The van der Waals surface area contributed by atoms with Crippen LogP contribution in [0.15, 0.2) is 48.5 Å². The van der Waals surface area contributed by atoms with Gasteiger partial charge in [0.05, 0.1) is 13.7 Å². The predicted molar refractivity (Wildman–Crippen MR) is 98.6 cm³/mol. The predicted octanol–water partition coefficient (Wildman–Crippen LogP) is 4.28. The van der Waals surface area contributed by atoms with Crippen LogP contribution in [0.5, 0.6) is 17.2 Å². The first-order valence-corrected chi connectivity index (χ1v) is 8.46. The molecule has 0 aliphatic rings. The van der Waals surface area contributed by atoms with Gasteiger partial charge in [0.25, 0.3) is 5.91 Å². The summed E-state index contributed by atoms with van der Waals surface area (Å²) in [6, 6.07) is 14.5. The van der Waals surface area contributed by atoms with Crippen LogP contribution in [0.25, 0.3) is 0 Å². The van der Waals surface area contributed by atoms with Crippen LogP contribution in [-0.4, -0.2) is 25.7 Å². The number of unbranched alkanes of at least 4 members (excludes halogenated alkanes) is 1. The standard InChI is InChI=1S/C20H25NO4/c1-4-5-13-24-19-8-6-7-16(14-19)21-20(22)15(2)25-18-11-9-17(23-3)10-12-18/h6-12,14-15H,4-5,13H2,1-3H3,(H,21,22). The second kappa shape index (κ2) is 9.57. The van der Waals surface area contributed by atoms with Gasteiger partial charge in [-0.3, -0.25) is 4.79 Å². The molecule has 1 atom stereocenters. The van der Waals surface area contributed by atoms with E-state index in [4.69, 9.17) is 14.2 Å². The van der Waals surface area contributed by atoms with E-state index in [1.165, 1.54) is 0 Å². The lowest BCUT2D eigenvalue weighted by Crippen LogP contribution is -2.30. The van der Waals surface area contributed by atoms with Crippen molar-refractivity contribution in [2.24, 2.45) is 0 Å². The number of anilines is 1. The first-order valence-electron chi connectivity index (χ1n) is 8.46. The number of benzene rings is 2. The van der Waals surface area contributed by atoms with Crippen molar-refractivity contribution >= 4 is 11.6 Å². The van der Waals surface area contributed by atoms with Gasteiger partial charge in [-0.2, -0.15) is 0 Å². The second-order valence-electron chi connectivity index (χ2n) is 5.65. The molecular weight excluding hydrogens is 318 g/mol. The van der Waals surface area contributed by atoms with Crippen LogP contribution in [0.2, 0.25) is 0 Å². The van der Waals surface area contributed by atoms with Crippen molar-refractivity contribution in [1.29, 1.82) is 0 Å². The van der Waals surface area contributed by atoms with Crippen LogP contribution >= 0.6 is 0 Å². The van der Waals surface area contributed by atoms with Gasteiger partial charge in [-0.25, -0.2) is 0 Å². The lowest BCUT2D eigenvalue weighted by molar-refractivity contribution is -0.122. The summed E-state index contributed by atoms with van der Waals surface area (Å²) in [7, 11) is 1.60. The van der Waals surface area contributed by atoms with Gasteiger partial charge in [-0.1, -0.05) is 19.4 Å². The molecule has 0 aromatic heterocycles. The highest BCUT2D eigenvalue weighted by atomic mass is 16.5. The molecule has 0 saturated heterocycles. The molecule has 134 valence electrons. The highest BCUT2D eigenvalue weighted by molar-refractivity contribution is 5.94. The number of hydrogen-bond acceptors (Lipinski definition) is 4. The van der Waals surface area contributed by atoms with E-state index in [0.717, 1.165) is 24.3 Å². The minimum atomic E-state index is -0.627. The first kappa shape index (κ1) is 18.6. The number of carbonyl (C=O) groups excluding carboxylic acids is 1. The molecule has 2 aromatic rings. The van der Waals surface area contributed by atoms with Crippen LogP contribution in [0.3, 0.4) is 0 Å². The Balaban J connectivity index is 1.90. The van der Waals surface area contributed by atoms with Gasteiger partial charge in [0, 0.05) is 11.8 Å². The van der Waals surface area contributed by atoms with Crippen molar-refractivity contribution in [3.8, 4) is 17.2 Å². The van der Waals surface area contributed by atoms with Crippen molar-refractivity contribution in [3.05, 3.63) is 48.5 Å². The van der Waals surface area contributed by atoms with Crippen LogP contribution in [0.4, 0.5) is 5.69 Å². The summed E-state index contributed by atoms with van der Waals surface area (Å²) in [6.45, 7) is 4.50. The van der Waals surface area contributed by atoms with Gasteiger partial charge >= 0.3 is 0 Å². The number of methoxy groups -OCH3 is 1. The molecular formula is C20H25NO4. The van der Waals surface area contributed by atoms with Crippen LogP contribution in [0, 0.1) is 0 Å². The van der Waals surface area contributed by atoms with E-state index >= 15 is 0 Å². The zero-order chi connectivity index (χ0) is 18.1. The minimum absolute atomic E-state index is 0.221. The molecule has 1 unspecified atom stereocenters. The molecule has 5 heteroatoms. The third-order valence-electron chi connectivity index (χ3n) is 3.61. The highest BCUT2D eigenvalue weighted by Gasteiger charge is 2.15. The van der Waals surface area contributed by atoms with E-state index in [1.54, 1.807) is 38.3 Å². The van der Waals surface area contributed by atoms with E-state index in [2.05, 4.69) is 12.2 Å². The number of carbonyl (C=O) groups is 1. The molecule has 0 saturated carbocycles. The van der Waals surface area contributed by atoms with Gasteiger partial charge in [0.15, 0.2) is 6.10 Å². The van der Waals surface area contributed by atoms with Crippen molar-refractivity contribution in [2.45, 2.75) is 32.8 Å². The number of nitrogens with one attached hydrogen (secondary N) is 1. The van der Waals surface area contributed by atoms with Crippen LogP contribution < -0.4 is 19.5 Å². The Hall–Kier alpha value is -2.69. The maximum absolute atomic E-state index is 12.3. The topological polar surface area (TPSA) is 56.8 Å². The molecule has 2 rings (SSSR count). The molecule has 25 heavy (non-hydrogen) atoms. The third-order valence-corrected chi connectivity index (χ3v) is 3.61. The van der Waals surface area contributed by atoms with Crippen LogP contribution in [-0.2, 0) is 4.79 Å². The Labute approximate surface area is 148 Å². The maximum Gasteiger partial charge on any atom is 0.265 e. The second-order valence-corrected chi connectivity index (χ2v) is 5.65. The largest absolute Gasteiger partial charge is 0.497 e. The molecule has 0 fully saturated rings. The fourth-order valence-corrected chi connectivity index (χ4v) is 2.15. The Bertz CT molecular complexity index is 670. The van der Waals surface area contributed by atoms with Crippen molar-refractivity contribution < 1.29 is 19.0 Å². The number of hydrogen-bond donors (Lipinski definition) is 1. The van der Waals surface area contributed by atoms with Crippen LogP contribution in [0.1, 0.15) is 26.7 Å². The highest BCUT2D eigenvalue weighted by Crippen LogP contribution is 2.20. The van der Waals surface area contributed by atoms with Gasteiger partial charge in [-0.05, 0) is 49.7 Å². The molecule has 0 heterocycles. The Morgan fingerprint density at radius 2 is 1.80 bits per heavy atom. The molecule has 1 N–H and O–H groups in total. The maximum atomic E-state index is 12.3. The molecule has 0 aliphatic heterocycles. The lowest BCUT2D eigenvalue weighted by Gasteiger charge is -2.15. The Kier molecular flexibility index (Phi) is 7.14. The summed E-state index contributed by atoms with van der Waals surface area (Å²) in [5.74, 6) is 1.88. The third kappa shape index (κ3) is 6.03. The van der Waals surface area contributed by atoms with E-state index in [-0.39, 0.29) is 5.91 Å². The lowest BCUT2D eigenvalue weighted by atomic mass is 10.2. The summed E-state index contributed by atoms with van der Waals surface area (Å²) < 4.78 is 16.4. The molecule has 0 spiro atoms. The van der Waals surface area contributed by atoms with E-state index in [1.807, 2.05) is 24.3 Å². The van der Waals surface area contributed by atoms with E-state index < -0.39 is 6.10 Å². The van der Waals surface area contributed by atoms with Crippen molar-refractivity contribution in [1.82, 2.24) is 0 Å². The summed E-state index contributed by atoms with van der Waals surface area (Å²) in [5.41, 5.74) is 0.684. The van der Waals surface area contributed by atoms with Gasteiger partial charge in [-0.15, -0.1) is 0 Å². The van der Waals surface area contributed by atoms with E-state index in [0.29, 0.717) is 18.0 Å². The number of rotatable bonds is 9. The van der Waals surface area contributed by atoms with Gasteiger partial charge in [0.1, 0.15) is 17.2 Å². The fourth-order valence-electron chi connectivity index (χ4n) is 2.15. The number of amides is 1. The molecule has 5 nitrogen and oxygen atoms in total. The van der Waals surface area contributed by atoms with Crippen molar-refractivity contribution in [2.75, 3.05) is 19.0 Å². The average molecular weight is 343 g/mol. The Morgan fingerprint density at radius 1 is 1.08 bits per heavy atom. The summed E-state index contributed by atoms with van der Waals surface area (Å²) >= 11 is 0. The quantitative estimate of drug-likeness (QED) is 0.691. The minimum Gasteiger partial charge on any atom is -0.497 e. The first-order chi connectivity index (χ1) is 12.1. The normalized spacial score (nSPS) is 11.5. The summed E-state index contributed by atoms with van der Waals surface area (Å²) in [4.78, 5) is 12.3. The van der Waals surface area contributed by atoms with E-state index in [9.17, 15) is 4.79 Å². The monoisotopic (exact) mass is 343 g/mol. The van der Waals surface area contributed by atoms with Crippen molar-refractivity contribution in [3.63, 3.8) is 0 Å². The molecule has 0 aliphatic carbocycles. The zero-order valence-electron chi connectivity index (χ0n) is 15.0. The SMILES string of the molecule is CCCCOc1cccc(NC(=O)C(C)Oc2ccc(OC)cc2)c1. The summed E-state index contributed by atoms with van der Waals surface area (Å²) in [5, 5.41) is 2.85. The zero-order valence-corrected chi connectivity index (χ0v) is 15.0. The van der Waals surface area contributed by atoms with Gasteiger partial charge in [0.2, 0.25) is 0 Å². The number of ether oxygens (including phenoxy) is 3. The summed E-state index contributed by atoms with van der Waals surface area (Å²) in [6.07, 6.45) is 1.46. The molecule has 1 amide bonds. The van der Waals surface area contributed by atoms with Gasteiger partial charge < -0.3 is 19.5 Å². The average Bonchev–Trinajstić information content (AvgIpc) is 2.63. The molecule has 0 radical (unpaired) electrons. The fraction of sp³-hybridized carbons (Fsp3) is 0.350. The Morgan fingerprint density at radius 3 is 2.48 bits per heavy atom. The smallest absolute Gasteiger partial charge is 0.265 e. The molecule has 2 aromatic carbocycles.